The highest BCUT2D eigenvalue weighted by atomic mass is 32.2. The topological polar surface area (TPSA) is 72.0 Å². The van der Waals surface area contributed by atoms with Gasteiger partial charge in [0, 0.05) is 36.3 Å². The summed E-state index contributed by atoms with van der Waals surface area (Å²) in [6, 6.07) is 13.4. The quantitative estimate of drug-likeness (QED) is 0.659. The van der Waals surface area contributed by atoms with Crippen LogP contribution in [0.2, 0.25) is 0 Å². The van der Waals surface area contributed by atoms with Crippen molar-refractivity contribution in [2.24, 2.45) is 0 Å². The minimum atomic E-state index is -3.28. The second-order valence-electron chi connectivity index (χ2n) is 5.56. The molecule has 3 rings (SSSR count). The zero-order valence-corrected chi connectivity index (χ0v) is 15.3. The number of nitrogens with one attached hydrogen (secondary N) is 1. The van der Waals surface area contributed by atoms with Crippen LogP contribution >= 0.6 is 11.3 Å². The third kappa shape index (κ3) is 5.45. The van der Waals surface area contributed by atoms with Crippen molar-refractivity contribution < 1.29 is 8.42 Å². The van der Waals surface area contributed by atoms with E-state index in [1.165, 1.54) is 11.3 Å². The van der Waals surface area contributed by atoms with E-state index in [-0.39, 0.29) is 5.75 Å². The maximum Gasteiger partial charge on any atom is 0.211 e. The summed E-state index contributed by atoms with van der Waals surface area (Å²) in [5.41, 5.74) is 2.94. The van der Waals surface area contributed by atoms with Gasteiger partial charge in [-0.05, 0) is 24.1 Å². The molecule has 0 aliphatic heterocycles. The third-order valence-corrected chi connectivity index (χ3v) is 5.99. The molecule has 2 heterocycles. The molecule has 0 aliphatic rings. The number of hydrogen-bond donors (Lipinski definition) is 1. The number of aryl methyl sites for hydroxylation is 1. The van der Waals surface area contributed by atoms with Gasteiger partial charge >= 0.3 is 0 Å². The summed E-state index contributed by atoms with van der Waals surface area (Å²) >= 11 is 1.54. The van der Waals surface area contributed by atoms with Crippen LogP contribution in [-0.4, -0.2) is 30.7 Å². The highest BCUT2D eigenvalue weighted by Gasteiger charge is 2.11. The lowest BCUT2D eigenvalue weighted by molar-refractivity contribution is 0.581. The Kier molecular flexibility index (Phi) is 5.91. The predicted molar refractivity (Wildman–Crippen MR) is 101 cm³/mol. The van der Waals surface area contributed by atoms with Crippen molar-refractivity contribution in [3.63, 3.8) is 0 Å². The fourth-order valence-corrected chi connectivity index (χ4v) is 4.23. The van der Waals surface area contributed by atoms with Gasteiger partial charge in [-0.15, -0.1) is 11.3 Å². The van der Waals surface area contributed by atoms with Gasteiger partial charge < -0.3 is 0 Å². The molecule has 0 atom stereocenters. The Hall–Kier alpha value is -2.09. The number of thiazole rings is 1. The molecule has 5 nitrogen and oxygen atoms in total. The molecule has 0 radical (unpaired) electrons. The van der Waals surface area contributed by atoms with E-state index in [2.05, 4.69) is 14.7 Å². The summed E-state index contributed by atoms with van der Waals surface area (Å²) < 4.78 is 26.8. The number of rotatable bonds is 8. The minimum Gasteiger partial charge on any atom is -0.265 e. The van der Waals surface area contributed by atoms with Crippen LogP contribution in [0.25, 0.3) is 11.3 Å². The van der Waals surface area contributed by atoms with Crippen molar-refractivity contribution in [2.45, 2.75) is 12.8 Å². The van der Waals surface area contributed by atoms with E-state index in [1.807, 2.05) is 47.8 Å². The molecule has 130 valence electrons. The highest BCUT2D eigenvalue weighted by Crippen LogP contribution is 2.21. The van der Waals surface area contributed by atoms with Gasteiger partial charge in [0.1, 0.15) is 0 Å². The molecule has 2 aromatic heterocycles. The van der Waals surface area contributed by atoms with E-state index in [9.17, 15) is 8.42 Å². The van der Waals surface area contributed by atoms with Crippen molar-refractivity contribution in [1.82, 2.24) is 14.7 Å². The van der Waals surface area contributed by atoms with Crippen LogP contribution in [0.5, 0.6) is 0 Å². The number of hydrogen-bond acceptors (Lipinski definition) is 5. The molecule has 7 heteroatoms. The van der Waals surface area contributed by atoms with Gasteiger partial charge in [-0.1, -0.05) is 30.3 Å². The second-order valence-corrected chi connectivity index (χ2v) is 8.43. The first-order valence-electron chi connectivity index (χ1n) is 7.98. The van der Waals surface area contributed by atoms with Crippen LogP contribution in [0.15, 0.2) is 60.2 Å². The zero-order valence-electron chi connectivity index (χ0n) is 13.6. The van der Waals surface area contributed by atoms with Crippen LogP contribution in [0, 0.1) is 0 Å². The first-order chi connectivity index (χ1) is 12.1. The summed E-state index contributed by atoms with van der Waals surface area (Å²) in [4.78, 5) is 8.54. The maximum atomic E-state index is 12.1. The van der Waals surface area contributed by atoms with Crippen LogP contribution in [-0.2, 0) is 22.9 Å². The van der Waals surface area contributed by atoms with Crippen LogP contribution in [0.4, 0.5) is 0 Å². The normalized spacial score (nSPS) is 11.5. The van der Waals surface area contributed by atoms with Gasteiger partial charge in [-0.3, -0.25) is 4.98 Å². The smallest absolute Gasteiger partial charge is 0.211 e. The van der Waals surface area contributed by atoms with Crippen molar-refractivity contribution in [3.8, 4) is 11.3 Å². The first-order valence-corrected chi connectivity index (χ1v) is 10.5. The van der Waals surface area contributed by atoms with E-state index in [1.54, 1.807) is 12.4 Å². The van der Waals surface area contributed by atoms with Gasteiger partial charge in [0.15, 0.2) is 0 Å². The second kappa shape index (κ2) is 8.33. The van der Waals surface area contributed by atoms with Crippen LogP contribution in [0.3, 0.4) is 0 Å². The summed E-state index contributed by atoms with van der Waals surface area (Å²) in [6.07, 6.45) is 4.56. The molecule has 1 aromatic carbocycles. The molecular formula is C18H19N3O2S2. The summed E-state index contributed by atoms with van der Waals surface area (Å²) in [7, 11) is -3.28. The van der Waals surface area contributed by atoms with Gasteiger partial charge in [-0.2, -0.15) is 0 Å². The molecule has 0 fully saturated rings. The Morgan fingerprint density at radius 3 is 2.52 bits per heavy atom. The molecule has 3 aromatic rings. The van der Waals surface area contributed by atoms with Gasteiger partial charge in [0.05, 0.1) is 16.5 Å². The summed E-state index contributed by atoms with van der Waals surface area (Å²) in [5, 5.41) is 2.90. The van der Waals surface area contributed by atoms with E-state index < -0.39 is 10.0 Å². The third-order valence-electron chi connectivity index (χ3n) is 3.69. The molecule has 0 aliphatic carbocycles. The Labute approximate surface area is 151 Å². The molecular weight excluding hydrogens is 354 g/mol. The van der Waals surface area contributed by atoms with Crippen molar-refractivity contribution >= 4 is 21.4 Å². The Morgan fingerprint density at radius 2 is 1.76 bits per heavy atom. The van der Waals surface area contributed by atoms with Crippen molar-refractivity contribution in [2.75, 3.05) is 12.3 Å². The number of pyridine rings is 1. The number of nitrogens with zero attached hydrogens (tertiary/aromatic N) is 2. The Morgan fingerprint density at radius 1 is 1.00 bits per heavy atom. The number of sulfonamides is 1. The lowest BCUT2D eigenvalue weighted by atomic mass is 10.2. The first kappa shape index (κ1) is 17.7. The van der Waals surface area contributed by atoms with Crippen LogP contribution < -0.4 is 4.72 Å². The van der Waals surface area contributed by atoms with Gasteiger partial charge in [-0.25, -0.2) is 18.1 Å². The van der Waals surface area contributed by atoms with Crippen LogP contribution in [0.1, 0.15) is 10.6 Å². The van der Waals surface area contributed by atoms with E-state index >= 15 is 0 Å². The van der Waals surface area contributed by atoms with Crippen molar-refractivity contribution in [3.05, 3.63) is 70.8 Å². The van der Waals surface area contributed by atoms with Crippen molar-refractivity contribution in [1.29, 1.82) is 0 Å². The van der Waals surface area contributed by atoms with E-state index in [4.69, 9.17) is 0 Å². The monoisotopic (exact) mass is 373 g/mol. The predicted octanol–water partition coefficient (Wildman–Crippen LogP) is 2.91. The maximum absolute atomic E-state index is 12.1. The van der Waals surface area contributed by atoms with E-state index in [0.29, 0.717) is 19.4 Å². The minimum absolute atomic E-state index is 0.0944. The lowest BCUT2D eigenvalue weighted by Gasteiger charge is -2.06. The summed E-state index contributed by atoms with van der Waals surface area (Å²) in [6.45, 7) is 0.362. The molecule has 0 saturated heterocycles. The zero-order chi connectivity index (χ0) is 17.5. The highest BCUT2D eigenvalue weighted by molar-refractivity contribution is 7.89. The molecule has 0 spiro atoms. The average molecular weight is 374 g/mol. The molecule has 0 bridgehead atoms. The van der Waals surface area contributed by atoms with Gasteiger partial charge in [0.2, 0.25) is 10.0 Å². The number of aromatic nitrogens is 2. The standard InChI is InChI=1S/C18H19N3O2S2/c22-25(23,13-9-15-4-2-1-3-5-15)20-12-8-18-21-17(14-24-18)16-6-10-19-11-7-16/h1-7,10-11,14,20H,8-9,12-13H2. The lowest BCUT2D eigenvalue weighted by Crippen LogP contribution is -2.29. The Balaban J connectivity index is 1.48. The van der Waals surface area contributed by atoms with Gasteiger partial charge in [0.25, 0.3) is 0 Å². The number of benzene rings is 1. The average Bonchev–Trinajstić information content (AvgIpc) is 3.11. The molecule has 1 N–H and O–H groups in total. The molecule has 0 saturated carbocycles. The summed E-state index contributed by atoms with van der Waals surface area (Å²) in [5.74, 6) is 0.0944. The SMILES string of the molecule is O=S(=O)(CCc1ccccc1)NCCc1nc(-c2ccncc2)cs1. The fourth-order valence-electron chi connectivity index (χ4n) is 2.36. The molecule has 0 unspecified atom stereocenters. The fraction of sp³-hybridized carbons (Fsp3) is 0.222. The molecule has 0 amide bonds. The largest absolute Gasteiger partial charge is 0.265 e. The molecule has 25 heavy (non-hydrogen) atoms. The van der Waals surface area contributed by atoms with E-state index in [0.717, 1.165) is 21.8 Å². The Bertz CT molecular complexity index is 894.